The number of halogens is 5. The second-order valence-electron chi connectivity index (χ2n) is 11.0. The standard InChI is InChI=1S/C30H31BrClF3N6O2/c1-40(2)13-14-41-25-10-4-19(26(42)37-21-7-5-20(31)6-8-21)16-24(25)39-28(41)38-23-15-18(3-9-22(23)32)17-36-27(43)29(11-12-29)30(33,34)35/h3-10,15-16,28,38-39H,11-14,17H2,1-2H3,(H,36,43)(H,37,42). The number of benzene rings is 3. The van der Waals surface area contributed by atoms with E-state index in [4.69, 9.17) is 11.6 Å². The Hall–Kier alpha value is -3.48. The second kappa shape index (κ2) is 12.3. The Morgan fingerprint density at radius 1 is 1.09 bits per heavy atom. The van der Waals surface area contributed by atoms with E-state index in [-0.39, 0.29) is 25.3 Å². The van der Waals surface area contributed by atoms with Gasteiger partial charge in [0.2, 0.25) is 5.91 Å². The maximum atomic E-state index is 13.3. The predicted octanol–water partition coefficient (Wildman–Crippen LogP) is 6.50. The minimum Gasteiger partial charge on any atom is -0.351 e. The maximum Gasteiger partial charge on any atom is 0.403 e. The Morgan fingerprint density at radius 2 is 1.81 bits per heavy atom. The molecule has 3 aromatic rings. The number of nitrogens with one attached hydrogen (secondary N) is 4. The van der Waals surface area contributed by atoms with Crippen molar-refractivity contribution in [3.63, 3.8) is 0 Å². The van der Waals surface area contributed by atoms with Gasteiger partial charge in [-0.05, 0) is 87.1 Å². The van der Waals surface area contributed by atoms with Crippen LogP contribution in [0.4, 0.5) is 35.9 Å². The fourth-order valence-corrected chi connectivity index (χ4v) is 5.31. The summed E-state index contributed by atoms with van der Waals surface area (Å²) in [7, 11) is 3.95. The molecule has 5 rings (SSSR count). The lowest BCUT2D eigenvalue weighted by Gasteiger charge is -2.29. The third kappa shape index (κ3) is 6.86. The number of carbonyl (C=O) groups excluding carboxylic acids is 2. The van der Waals surface area contributed by atoms with Gasteiger partial charge in [-0.3, -0.25) is 9.59 Å². The highest BCUT2D eigenvalue weighted by molar-refractivity contribution is 9.10. The van der Waals surface area contributed by atoms with Crippen LogP contribution in [-0.4, -0.2) is 56.4 Å². The summed E-state index contributed by atoms with van der Waals surface area (Å²) in [5.41, 5.74) is 1.65. The van der Waals surface area contributed by atoms with Crippen molar-refractivity contribution >= 4 is 62.1 Å². The zero-order valence-electron chi connectivity index (χ0n) is 23.5. The van der Waals surface area contributed by atoms with Gasteiger partial charge in [-0.1, -0.05) is 33.6 Å². The molecule has 43 heavy (non-hydrogen) atoms. The molecule has 4 N–H and O–H groups in total. The number of anilines is 4. The van der Waals surface area contributed by atoms with Crippen molar-refractivity contribution < 1.29 is 22.8 Å². The Kier molecular flexibility index (Phi) is 8.82. The molecule has 8 nitrogen and oxygen atoms in total. The van der Waals surface area contributed by atoms with E-state index < -0.39 is 23.8 Å². The number of hydrogen-bond acceptors (Lipinski definition) is 6. The smallest absolute Gasteiger partial charge is 0.351 e. The van der Waals surface area contributed by atoms with Gasteiger partial charge in [0, 0.05) is 35.4 Å². The summed E-state index contributed by atoms with van der Waals surface area (Å²) < 4.78 is 40.9. The third-order valence-electron chi connectivity index (χ3n) is 7.57. The summed E-state index contributed by atoms with van der Waals surface area (Å²) in [6.07, 6.45) is -5.40. The van der Waals surface area contributed by atoms with Gasteiger partial charge in [0.15, 0.2) is 6.29 Å². The first-order valence-corrected chi connectivity index (χ1v) is 14.8. The van der Waals surface area contributed by atoms with Gasteiger partial charge in [0.1, 0.15) is 5.41 Å². The number of rotatable bonds is 10. The van der Waals surface area contributed by atoms with Crippen LogP contribution in [0.3, 0.4) is 0 Å². The van der Waals surface area contributed by atoms with Crippen LogP contribution in [0.2, 0.25) is 5.02 Å². The van der Waals surface area contributed by atoms with Crippen LogP contribution in [-0.2, 0) is 11.3 Å². The fraction of sp³-hybridized carbons (Fsp3) is 0.333. The molecule has 1 atom stereocenters. The summed E-state index contributed by atoms with van der Waals surface area (Å²) >= 11 is 9.90. The first-order valence-electron chi connectivity index (χ1n) is 13.7. The monoisotopic (exact) mass is 678 g/mol. The van der Waals surface area contributed by atoms with Crippen molar-refractivity contribution in [2.24, 2.45) is 5.41 Å². The molecular formula is C30H31BrClF3N6O2. The predicted molar refractivity (Wildman–Crippen MR) is 166 cm³/mol. The van der Waals surface area contributed by atoms with Gasteiger partial charge >= 0.3 is 6.18 Å². The molecule has 0 aromatic heterocycles. The van der Waals surface area contributed by atoms with E-state index in [9.17, 15) is 22.8 Å². The summed E-state index contributed by atoms with van der Waals surface area (Å²) in [5, 5.41) is 12.6. The Morgan fingerprint density at radius 3 is 2.47 bits per heavy atom. The van der Waals surface area contributed by atoms with E-state index in [0.717, 1.165) is 22.4 Å². The topological polar surface area (TPSA) is 88.7 Å². The lowest BCUT2D eigenvalue weighted by molar-refractivity contribution is -0.192. The lowest BCUT2D eigenvalue weighted by Crippen LogP contribution is -2.45. The fourth-order valence-electron chi connectivity index (χ4n) is 4.87. The van der Waals surface area contributed by atoms with Gasteiger partial charge in [-0.2, -0.15) is 13.2 Å². The molecule has 1 aliphatic heterocycles. The molecule has 3 aromatic carbocycles. The minimum absolute atomic E-state index is 0.0674. The summed E-state index contributed by atoms with van der Waals surface area (Å²) in [5.74, 6) is -1.26. The Labute approximate surface area is 261 Å². The molecular weight excluding hydrogens is 649 g/mol. The van der Waals surface area contributed by atoms with Crippen molar-refractivity contribution in [3.05, 3.63) is 81.3 Å². The average Bonchev–Trinajstić information content (AvgIpc) is 3.71. The van der Waals surface area contributed by atoms with Gasteiger partial charge in [0.05, 0.1) is 22.1 Å². The SMILES string of the molecule is CN(C)CCN1c2ccc(C(=O)Nc3ccc(Br)cc3)cc2NC1Nc1cc(CNC(=O)C2(C(F)(F)F)CC2)ccc1Cl. The highest BCUT2D eigenvalue weighted by Gasteiger charge is 2.68. The number of fused-ring (bicyclic) bond motifs is 1. The van der Waals surface area contributed by atoms with Crippen LogP contribution in [0.25, 0.3) is 0 Å². The highest BCUT2D eigenvalue weighted by Crippen LogP contribution is 2.57. The van der Waals surface area contributed by atoms with Gasteiger partial charge in [-0.15, -0.1) is 0 Å². The van der Waals surface area contributed by atoms with Crippen molar-refractivity contribution in [2.45, 2.75) is 31.9 Å². The molecule has 228 valence electrons. The van der Waals surface area contributed by atoms with Crippen molar-refractivity contribution in [1.29, 1.82) is 0 Å². The van der Waals surface area contributed by atoms with Crippen LogP contribution in [0.5, 0.6) is 0 Å². The van der Waals surface area contributed by atoms with Gasteiger partial charge in [0.25, 0.3) is 5.91 Å². The molecule has 1 unspecified atom stereocenters. The molecule has 0 saturated heterocycles. The Balaban J connectivity index is 1.31. The van der Waals surface area contributed by atoms with E-state index >= 15 is 0 Å². The number of carbonyl (C=O) groups is 2. The molecule has 1 saturated carbocycles. The summed E-state index contributed by atoms with van der Waals surface area (Å²) in [6, 6.07) is 17.8. The van der Waals surface area contributed by atoms with Crippen LogP contribution in [0, 0.1) is 5.41 Å². The second-order valence-corrected chi connectivity index (χ2v) is 12.3. The number of amides is 2. The molecule has 13 heteroatoms. The van der Waals surface area contributed by atoms with Crippen molar-refractivity contribution in [2.75, 3.05) is 48.0 Å². The molecule has 1 heterocycles. The largest absolute Gasteiger partial charge is 0.403 e. The lowest BCUT2D eigenvalue weighted by atomic mass is 10.1. The van der Waals surface area contributed by atoms with Crippen LogP contribution in [0.1, 0.15) is 28.8 Å². The minimum atomic E-state index is -4.57. The number of alkyl halides is 3. The zero-order chi connectivity index (χ0) is 30.9. The summed E-state index contributed by atoms with van der Waals surface area (Å²) in [6.45, 7) is 1.32. The number of likely N-dealkylation sites (N-methyl/N-ethyl adjacent to an activating group) is 1. The van der Waals surface area contributed by atoms with E-state index in [2.05, 4.69) is 47.0 Å². The number of nitrogens with zero attached hydrogens (tertiary/aromatic N) is 2. The van der Waals surface area contributed by atoms with E-state index in [1.807, 2.05) is 32.3 Å². The molecule has 2 amide bonds. The van der Waals surface area contributed by atoms with Crippen LogP contribution >= 0.6 is 27.5 Å². The van der Waals surface area contributed by atoms with Gasteiger partial charge < -0.3 is 31.1 Å². The normalized spacial score (nSPS) is 16.8. The molecule has 0 bridgehead atoms. The molecule has 0 radical (unpaired) electrons. The first-order chi connectivity index (χ1) is 20.4. The van der Waals surface area contributed by atoms with Crippen molar-refractivity contribution in [3.8, 4) is 0 Å². The van der Waals surface area contributed by atoms with E-state index in [1.54, 1.807) is 42.5 Å². The van der Waals surface area contributed by atoms with Crippen molar-refractivity contribution in [1.82, 2.24) is 10.2 Å². The van der Waals surface area contributed by atoms with Crippen LogP contribution < -0.4 is 26.2 Å². The average molecular weight is 680 g/mol. The zero-order valence-corrected chi connectivity index (χ0v) is 25.8. The van der Waals surface area contributed by atoms with Crippen LogP contribution in [0.15, 0.2) is 65.1 Å². The maximum absolute atomic E-state index is 13.3. The third-order valence-corrected chi connectivity index (χ3v) is 8.42. The number of hydrogen-bond donors (Lipinski definition) is 4. The first kappa shape index (κ1) is 31.0. The van der Waals surface area contributed by atoms with E-state index in [1.165, 1.54) is 0 Å². The quantitative estimate of drug-likeness (QED) is 0.196. The molecule has 0 spiro atoms. The highest BCUT2D eigenvalue weighted by atomic mass is 79.9. The molecule has 2 aliphatic rings. The Bertz CT molecular complexity index is 1510. The summed E-state index contributed by atoms with van der Waals surface area (Å²) in [4.78, 5) is 29.5. The molecule has 1 fully saturated rings. The van der Waals surface area contributed by atoms with Gasteiger partial charge in [-0.25, -0.2) is 0 Å². The van der Waals surface area contributed by atoms with E-state index in [0.29, 0.717) is 34.1 Å². The molecule has 1 aliphatic carbocycles.